The molecule has 0 atom stereocenters. The Labute approximate surface area is 356 Å². The second-order valence-electron chi connectivity index (χ2n) is 15.3. The minimum Gasteiger partial charge on any atom is -0.309 e. The molecule has 12 rings (SSSR count). The smallest absolute Gasteiger partial charge is 0.182 e. The van der Waals surface area contributed by atoms with Crippen LogP contribution in [-0.2, 0) is 0 Å². The SMILES string of the molecule is c1ccc(-n2c3ccccc3c3ccc(-c4ccc(-n5c6ccccc6c6c(-c7cccc(-c8nc(-c9ccccn9)nc(-c9ccccn9)n8)c7)cccc65)cc4)cc32)cc1. The van der Waals surface area contributed by atoms with E-state index >= 15 is 0 Å². The number of benzene rings is 7. The number of aromatic nitrogens is 7. The maximum atomic E-state index is 4.94. The quantitative estimate of drug-likeness (QED) is 0.161. The number of pyridine rings is 2. The van der Waals surface area contributed by atoms with Crippen LogP contribution in [0.1, 0.15) is 0 Å². The molecule has 0 aliphatic heterocycles. The number of fused-ring (bicyclic) bond motifs is 6. The lowest BCUT2D eigenvalue weighted by molar-refractivity contribution is 1.05. The van der Waals surface area contributed by atoms with E-state index in [1.165, 1.54) is 38.1 Å². The molecule has 0 saturated carbocycles. The van der Waals surface area contributed by atoms with Gasteiger partial charge in [0, 0.05) is 50.9 Å². The van der Waals surface area contributed by atoms with Crippen molar-refractivity contribution in [2.45, 2.75) is 0 Å². The van der Waals surface area contributed by atoms with Crippen LogP contribution in [0.4, 0.5) is 0 Å². The third-order valence-corrected chi connectivity index (χ3v) is 11.7. The number of hydrogen-bond acceptors (Lipinski definition) is 5. The predicted molar refractivity (Wildman–Crippen MR) is 251 cm³/mol. The summed E-state index contributed by atoms with van der Waals surface area (Å²) in [4.78, 5) is 23.8. The van der Waals surface area contributed by atoms with Crippen LogP contribution in [0.5, 0.6) is 0 Å². The minimum atomic E-state index is 0.494. The van der Waals surface area contributed by atoms with Crippen molar-refractivity contribution in [2.24, 2.45) is 0 Å². The first kappa shape index (κ1) is 35.4. The van der Waals surface area contributed by atoms with Gasteiger partial charge in [-0.15, -0.1) is 0 Å². The highest BCUT2D eigenvalue weighted by atomic mass is 15.1. The van der Waals surface area contributed by atoms with E-state index in [1.54, 1.807) is 12.4 Å². The van der Waals surface area contributed by atoms with Crippen molar-refractivity contribution in [2.75, 3.05) is 0 Å². The molecular weight excluding hydrogens is 759 g/mol. The molecule has 0 fully saturated rings. The summed E-state index contributed by atoms with van der Waals surface area (Å²) in [7, 11) is 0. The van der Waals surface area contributed by atoms with E-state index in [-0.39, 0.29) is 0 Å². The molecule has 0 aliphatic carbocycles. The van der Waals surface area contributed by atoms with Gasteiger partial charge < -0.3 is 9.13 Å². The first-order chi connectivity index (χ1) is 30.7. The molecule has 7 heteroatoms. The summed E-state index contributed by atoms with van der Waals surface area (Å²) >= 11 is 0. The van der Waals surface area contributed by atoms with E-state index in [2.05, 4.69) is 177 Å². The fourth-order valence-electron chi connectivity index (χ4n) is 8.90. The Morgan fingerprint density at radius 2 is 0.855 bits per heavy atom. The zero-order valence-corrected chi connectivity index (χ0v) is 33.3. The molecule has 290 valence electrons. The van der Waals surface area contributed by atoms with Crippen molar-refractivity contribution in [1.82, 2.24) is 34.1 Å². The second kappa shape index (κ2) is 14.6. The van der Waals surface area contributed by atoms with Crippen molar-refractivity contribution in [3.05, 3.63) is 213 Å². The van der Waals surface area contributed by atoms with E-state index < -0.39 is 0 Å². The van der Waals surface area contributed by atoms with Crippen LogP contribution in [-0.4, -0.2) is 34.1 Å². The fraction of sp³-hybridized carbons (Fsp3) is 0. The average molecular weight is 794 g/mol. The van der Waals surface area contributed by atoms with E-state index in [4.69, 9.17) is 15.0 Å². The van der Waals surface area contributed by atoms with Crippen LogP contribution in [0.2, 0.25) is 0 Å². The number of para-hydroxylation sites is 3. The molecule has 0 bridgehead atoms. The van der Waals surface area contributed by atoms with Crippen molar-refractivity contribution in [1.29, 1.82) is 0 Å². The summed E-state index contributed by atoms with van der Waals surface area (Å²) in [5.41, 5.74) is 13.7. The molecule has 0 aliphatic rings. The van der Waals surface area contributed by atoms with E-state index in [0.717, 1.165) is 44.7 Å². The summed E-state index contributed by atoms with van der Waals surface area (Å²) in [6, 6.07) is 70.3. The Morgan fingerprint density at radius 1 is 0.306 bits per heavy atom. The van der Waals surface area contributed by atoms with Gasteiger partial charge >= 0.3 is 0 Å². The standard InChI is InChI=1S/C55H35N7/c1-2-16-40(17-3-1)62-48-23-6-4-18-43(48)44-31-28-37(35-51(44)62)36-26-29-41(30-27-36)61-49-24-7-5-19-45(49)52-42(20-13-25-50(52)61)38-14-12-15-39(34-38)53-58-54(46-21-8-10-32-56-46)60-55(59-53)47-22-9-11-33-57-47/h1-35H. The molecule has 12 aromatic rings. The average Bonchev–Trinajstić information content (AvgIpc) is 3.87. The van der Waals surface area contributed by atoms with Gasteiger partial charge in [0.15, 0.2) is 17.5 Å². The molecule has 0 unspecified atom stereocenters. The maximum Gasteiger partial charge on any atom is 0.182 e. The predicted octanol–water partition coefficient (Wildman–Crippen LogP) is 13.2. The molecule has 0 amide bonds. The van der Waals surface area contributed by atoms with Gasteiger partial charge in [0.05, 0.1) is 22.1 Å². The Morgan fingerprint density at radius 3 is 1.58 bits per heavy atom. The summed E-state index contributed by atoms with van der Waals surface area (Å²) in [6.07, 6.45) is 3.50. The summed E-state index contributed by atoms with van der Waals surface area (Å²) in [5.74, 6) is 1.54. The van der Waals surface area contributed by atoms with Crippen LogP contribution in [0.15, 0.2) is 213 Å². The molecule has 0 spiro atoms. The Hall–Kier alpha value is -8.55. The largest absolute Gasteiger partial charge is 0.309 e. The minimum absolute atomic E-state index is 0.494. The third kappa shape index (κ3) is 5.94. The van der Waals surface area contributed by atoms with Crippen LogP contribution in [0, 0.1) is 0 Å². The van der Waals surface area contributed by atoms with Gasteiger partial charge in [-0.05, 0) is 101 Å². The normalized spacial score (nSPS) is 11.5. The summed E-state index contributed by atoms with van der Waals surface area (Å²) in [6.45, 7) is 0. The zero-order valence-electron chi connectivity index (χ0n) is 33.3. The van der Waals surface area contributed by atoms with Gasteiger partial charge in [0.25, 0.3) is 0 Å². The summed E-state index contributed by atoms with van der Waals surface area (Å²) in [5, 5.41) is 4.86. The number of rotatable bonds is 7. The molecule has 7 aromatic carbocycles. The van der Waals surface area contributed by atoms with E-state index in [1.807, 2.05) is 42.5 Å². The second-order valence-corrected chi connectivity index (χ2v) is 15.3. The molecule has 5 heterocycles. The van der Waals surface area contributed by atoms with Crippen LogP contribution in [0.25, 0.3) is 112 Å². The van der Waals surface area contributed by atoms with Crippen LogP contribution in [0.3, 0.4) is 0 Å². The summed E-state index contributed by atoms with van der Waals surface area (Å²) < 4.78 is 4.75. The van der Waals surface area contributed by atoms with E-state index in [9.17, 15) is 0 Å². The molecule has 7 nitrogen and oxygen atoms in total. The van der Waals surface area contributed by atoms with Gasteiger partial charge in [-0.25, -0.2) is 15.0 Å². The maximum absolute atomic E-state index is 4.94. The topological polar surface area (TPSA) is 74.3 Å². The van der Waals surface area contributed by atoms with Gasteiger partial charge in [0.2, 0.25) is 0 Å². The Balaban J connectivity index is 0.957. The lowest BCUT2D eigenvalue weighted by Crippen LogP contribution is -2.01. The van der Waals surface area contributed by atoms with Crippen molar-refractivity contribution >= 4 is 43.6 Å². The first-order valence-corrected chi connectivity index (χ1v) is 20.7. The lowest BCUT2D eigenvalue weighted by atomic mass is 9.97. The van der Waals surface area contributed by atoms with Gasteiger partial charge in [-0.1, -0.05) is 121 Å². The molecule has 0 radical (unpaired) electrons. The van der Waals surface area contributed by atoms with Crippen molar-refractivity contribution in [3.63, 3.8) is 0 Å². The molecule has 5 aromatic heterocycles. The Bertz CT molecular complexity index is 3560. The van der Waals surface area contributed by atoms with Gasteiger partial charge in [-0.2, -0.15) is 0 Å². The highest BCUT2D eigenvalue weighted by Crippen LogP contribution is 2.40. The molecule has 0 N–H and O–H groups in total. The van der Waals surface area contributed by atoms with E-state index in [0.29, 0.717) is 28.9 Å². The van der Waals surface area contributed by atoms with Gasteiger partial charge in [-0.3, -0.25) is 9.97 Å². The van der Waals surface area contributed by atoms with Crippen molar-refractivity contribution < 1.29 is 0 Å². The third-order valence-electron chi connectivity index (χ3n) is 11.7. The monoisotopic (exact) mass is 793 g/mol. The Kier molecular flexibility index (Phi) is 8.35. The van der Waals surface area contributed by atoms with Crippen molar-refractivity contribution in [3.8, 4) is 68.1 Å². The fourth-order valence-corrected chi connectivity index (χ4v) is 8.90. The molecular formula is C55H35N7. The lowest BCUT2D eigenvalue weighted by Gasteiger charge is -2.11. The number of nitrogens with zero attached hydrogens (tertiary/aromatic N) is 7. The number of hydrogen-bond donors (Lipinski definition) is 0. The van der Waals surface area contributed by atoms with Crippen LogP contribution < -0.4 is 0 Å². The van der Waals surface area contributed by atoms with Crippen LogP contribution >= 0.6 is 0 Å². The molecule has 62 heavy (non-hydrogen) atoms. The highest BCUT2D eigenvalue weighted by Gasteiger charge is 2.19. The molecule has 0 saturated heterocycles. The highest BCUT2D eigenvalue weighted by molar-refractivity contribution is 6.16. The zero-order chi connectivity index (χ0) is 41.0. The van der Waals surface area contributed by atoms with Gasteiger partial charge in [0.1, 0.15) is 11.4 Å². The first-order valence-electron chi connectivity index (χ1n) is 20.7.